The molecule has 1 aliphatic rings. The van der Waals surface area contributed by atoms with E-state index >= 15 is 0 Å². The average Bonchev–Trinajstić information content (AvgIpc) is 3.12. The lowest BCUT2D eigenvalue weighted by atomic mass is 10.1. The molecule has 2 aromatic carbocycles. The molecule has 1 saturated heterocycles. The van der Waals surface area contributed by atoms with Crippen LogP contribution >= 0.6 is 0 Å². The number of amides is 1. The maximum Gasteiger partial charge on any atom is 0.409 e. The molecule has 158 valence electrons. The van der Waals surface area contributed by atoms with Gasteiger partial charge < -0.3 is 24.3 Å². The van der Waals surface area contributed by atoms with E-state index in [-0.39, 0.29) is 12.1 Å². The number of hydrogen-bond donors (Lipinski definition) is 1. The van der Waals surface area contributed by atoms with E-state index in [0.29, 0.717) is 26.2 Å². The predicted molar refractivity (Wildman–Crippen MR) is 117 cm³/mol. The van der Waals surface area contributed by atoms with E-state index in [2.05, 4.69) is 28.1 Å². The van der Waals surface area contributed by atoms with Gasteiger partial charge >= 0.3 is 6.09 Å². The molecule has 0 spiro atoms. The van der Waals surface area contributed by atoms with Crippen LogP contribution in [-0.2, 0) is 11.3 Å². The summed E-state index contributed by atoms with van der Waals surface area (Å²) in [6.07, 6.45) is 1.51. The molecule has 1 N–H and O–H groups in total. The zero-order chi connectivity index (χ0) is 20.9. The zero-order valence-electron chi connectivity index (χ0n) is 17.5. The van der Waals surface area contributed by atoms with E-state index in [1.807, 2.05) is 37.3 Å². The Morgan fingerprint density at radius 2 is 1.87 bits per heavy atom. The molecule has 0 unspecified atom stereocenters. The molecule has 1 fully saturated rings. The largest absolute Gasteiger partial charge is 0.497 e. The Bertz CT molecular complexity index is 991. The molecule has 0 radical (unpaired) electrons. The fraction of sp³-hybridized carbons (Fsp3) is 0.391. The Labute approximate surface area is 176 Å². The normalized spacial score (nSPS) is 14.7. The topological polar surface area (TPSA) is 68.6 Å². The minimum atomic E-state index is -0.220. The molecule has 0 bridgehead atoms. The Balaban J connectivity index is 1.51. The van der Waals surface area contributed by atoms with Gasteiger partial charge in [-0.25, -0.2) is 9.78 Å². The van der Waals surface area contributed by atoms with Crippen LogP contribution in [0.15, 0.2) is 48.5 Å². The molecule has 0 atom stereocenters. The van der Waals surface area contributed by atoms with E-state index in [0.717, 1.165) is 35.6 Å². The van der Waals surface area contributed by atoms with Crippen molar-refractivity contribution in [2.45, 2.75) is 32.4 Å². The van der Waals surface area contributed by atoms with Gasteiger partial charge in [0.05, 0.1) is 31.3 Å². The Kier molecular flexibility index (Phi) is 6.07. The van der Waals surface area contributed by atoms with E-state index in [9.17, 15) is 4.79 Å². The molecule has 3 aromatic rings. The van der Waals surface area contributed by atoms with Crippen molar-refractivity contribution in [2.75, 3.05) is 32.1 Å². The van der Waals surface area contributed by atoms with Crippen molar-refractivity contribution in [3.8, 4) is 5.75 Å². The van der Waals surface area contributed by atoms with Crippen LogP contribution in [0.2, 0.25) is 0 Å². The smallest absolute Gasteiger partial charge is 0.409 e. The number of para-hydroxylation sites is 2. The molecule has 30 heavy (non-hydrogen) atoms. The van der Waals surface area contributed by atoms with Crippen LogP contribution in [0.5, 0.6) is 5.75 Å². The third kappa shape index (κ3) is 4.35. The summed E-state index contributed by atoms with van der Waals surface area (Å²) in [7, 11) is 1.67. The van der Waals surface area contributed by atoms with Crippen molar-refractivity contribution in [3.05, 3.63) is 54.1 Å². The highest BCUT2D eigenvalue weighted by atomic mass is 16.6. The Morgan fingerprint density at radius 1 is 1.13 bits per heavy atom. The van der Waals surface area contributed by atoms with Gasteiger partial charge in [0.25, 0.3) is 0 Å². The molecule has 1 aliphatic heterocycles. The number of anilines is 1. The number of likely N-dealkylation sites (tertiary alicyclic amines) is 1. The van der Waals surface area contributed by atoms with E-state index in [1.54, 1.807) is 12.0 Å². The van der Waals surface area contributed by atoms with Gasteiger partial charge in [-0.2, -0.15) is 0 Å². The van der Waals surface area contributed by atoms with Crippen LogP contribution in [0.25, 0.3) is 11.0 Å². The standard InChI is InChI=1S/C23H28N4O3/c1-3-30-23(28)26-14-12-18(13-15-26)24-22-25-20-6-4-5-7-21(20)27(22)16-17-8-10-19(29-2)11-9-17/h4-11,18H,3,12-16H2,1-2H3,(H,24,25). The molecule has 1 amide bonds. The number of hydrogen-bond acceptors (Lipinski definition) is 5. The number of aromatic nitrogens is 2. The molecule has 0 saturated carbocycles. The van der Waals surface area contributed by atoms with Gasteiger partial charge in [0.2, 0.25) is 5.95 Å². The van der Waals surface area contributed by atoms with Crippen molar-refractivity contribution < 1.29 is 14.3 Å². The number of fused-ring (bicyclic) bond motifs is 1. The Morgan fingerprint density at radius 3 is 2.57 bits per heavy atom. The zero-order valence-corrected chi connectivity index (χ0v) is 17.5. The number of nitrogens with zero attached hydrogens (tertiary/aromatic N) is 3. The summed E-state index contributed by atoms with van der Waals surface area (Å²) >= 11 is 0. The second-order valence-electron chi connectivity index (χ2n) is 7.46. The molecule has 7 heteroatoms. The summed E-state index contributed by atoms with van der Waals surface area (Å²) in [6.45, 7) is 4.34. The summed E-state index contributed by atoms with van der Waals surface area (Å²) in [5, 5.41) is 3.62. The fourth-order valence-corrected chi connectivity index (χ4v) is 3.86. The minimum Gasteiger partial charge on any atom is -0.497 e. The fourth-order valence-electron chi connectivity index (χ4n) is 3.86. The van der Waals surface area contributed by atoms with Crippen LogP contribution < -0.4 is 10.1 Å². The number of imidazole rings is 1. The first kappa shape index (κ1) is 20.1. The van der Waals surface area contributed by atoms with Crippen LogP contribution in [0.1, 0.15) is 25.3 Å². The number of methoxy groups -OCH3 is 1. The van der Waals surface area contributed by atoms with E-state index in [1.165, 1.54) is 5.56 Å². The summed E-state index contributed by atoms with van der Waals surface area (Å²) in [5.41, 5.74) is 3.25. The van der Waals surface area contributed by atoms with Crippen molar-refractivity contribution in [3.63, 3.8) is 0 Å². The minimum absolute atomic E-state index is 0.220. The third-order valence-electron chi connectivity index (χ3n) is 5.51. The molecular weight excluding hydrogens is 380 g/mol. The second-order valence-corrected chi connectivity index (χ2v) is 7.46. The highest BCUT2D eigenvalue weighted by Gasteiger charge is 2.24. The first-order chi connectivity index (χ1) is 14.7. The van der Waals surface area contributed by atoms with E-state index in [4.69, 9.17) is 14.5 Å². The van der Waals surface area contributed by atoms with Gasteiger partial charge in [0.15, 0.2) is 0 Å². The van der Waals surface area contributed by atoms with E-state index < -0.39 is 0 Å². The first-order valence-electron chi connectivity index (χ1n) is 10.4. The van der Waals surface area contributed by atoms with Gasteiger partial charge in [0, 0.05) is 19.1 Å². The van der Waals surface area contributed by atoms with Crippen LogP contribution in [0, 0.1) is 0 Å². The number of benzene rings is 2. The SMILES string of the molecule is CCOC(=O)N1CCC(Nc2nc3ccccc3n2Cc2ccc(OC)cc2)CC1. The number of carbonyl (C=O) groups excluding carboxylic acids is 1. The van der Waals surface area contributed by atoms with Gasteiger partial charge in [-0.3, -0.25) is 0 Å². The summed E-state index contributed by atoms with van der Waals surface area (Å²) in [4.78, 5) is 18.6. The van der Waals surface area contributed by atoms with Gasteiger partial charge in [0.1, 0.15) is 5.75 Å². The molecule has 2 heterocycles. The van der Waals surface area contributed by atoms with Crippen molar-refractivity contribution >= 4 is 23.1 Å². The molecule has 0 aliphatic carbocycles. The van der Waals surface area contributed by atoms with Crippen LogP contribution in [0.4, 0.5) is 10.7 Å². The summed E-state index contributed by atoms with van der Waals surface area (Å²) < 4.78 is 12.6. The highest BCUT2D eigenvalue weighted by Crippen LogP contribution is 2.24. The van der Waals surface area contributed by atoms with Gasteiger partial charge in [-0.1, -0.05) is 24.3 Å². The van der Waals surface area contributed by atoms with Gasteiger partial charge in [-0.15, -0.1) is 0 Å². The summed E-state index contributed by atoms with van der Waals surface area (Å²) in [5.74, 6) is 1.71. The monoisotopic (exact) mass is 408 g/mol. The highest BCUT2D eigenvalue weighted by molar-refractivity contribution is 5.78. The predicted octanol–water partition coefficient (Wildman–Crippen LogP) is 4.13. The second kappa shape index (κ2) is 9.07. The molecular formula is C23H28N4O3. The number of nitrogens with one attached hydrogen (secondary N) is 1. The molecule has 4 rings (SSSR count). The van der Waals surface area contributed by atoms with Crippen LogP contribution in [-0.4, -0.2) is 53.4 Å². The number of carbonyl (C=O) groups is 1. The number of piperidine rings is 1. The lowest BCUT2D eigenvalue weighted by molar-refractivity contribution is 0.0983. The third-order valence-corrected chi connectivity index (χ3v) is 5.51. The number of rotatable bonds is 6. The van der Waals surface area contributed by atoms with Crippen LogP contribution in [0.3, 0.4) is 0 Å². The molecule has 1 aromatic heterocycles. The number of ether oxygens (including phenoxy) is 2. The van der Waals surface area contributed by atoms with Crippen molar-refractivity contribution in [1.29, 1.82) is 0 Å². The molecule has 7 nitrogen and oxygen atoms in total. The average molecular weight is 409 g/mol. The first-order valence-corrected chi connectivity index (χ1v) is 10.4. The quantitative estimate of drug-likeness (QED) is 0.664. The van der Waals surface area contributed by atoms with Crippen molar-refractivity contribution in [2.24, 2.45) is 0 Å². The maximum atomic E-state index is 11.9. The van der Waals surface area contributed by atoms with Gasteiger partial charge in [-0.05, 0) is 49.6 Å². The lowest BCUT2D eigenvalue weighted by Crippen LogP contribution is -2.42. The Hall–Kier alpha value is -3.22. The summed E-state index contributed by atoms with van der Waals surface area (Å²) in [6, 6.07) is 16.6. The lowest BCUT2D eigenvalue weighted by Gasteiger charge is -2.32. The maximum absolute atomic E-state index is 11.9. The van der Waals surface area contributed by atoms with Crippen molar-refractivity contribution in [1.82, 2.24) is 14.5 Å².